The molecule has 30 heavy (non-hydrogen) atoms. The Morgan fingerprint density at radius 3 is 2.63 bits per heavy atom. The van der Waals surface area contributed by atoms with Crippen molar-refractivity contribution in [1.29, 1.82) is 0 Å². The minimum Gasteiger partial charge on any atom is -0.452 e. The van der Waals surface area contributed by atoms with Crippen molar-refractivity contribution in [1.82, 2.24) is 9.78 Å². The van der Waals surface area contributed by atoms with Gasteiger partial charge in [0.05, 0.1) is 22.1 Å². The van der Waals surface area contributed by atoms with Crippen LogP contribution in [-0.2, 0) is 14.3 Å². The summed E-state index contributed by atoms with van der Waals surface area (Å²) in [4.78, 5) is 24.0. The second-order valence-electron chi connectivity index (χ2n) is 6.45. The van der Waals surface area contributed by atoms with E-state index in [1.807, 2.05) is 48.9 Å². The highest BCUT2D eigenvalue weighted by molar-refractivity contribution is 9.10. The Hall–Kier alpha value is -2.90. The first-order valence-corrected chi connectivity index (χ1v) is 10.2. The van der Waals surface area contributed by atoms with Crippen molar-refractivity contribution in [2.75, 3.05) is 11.9 Å². The molecular formula is C22H19BrClN3O3. The summed E-state index contributed by atoms with van der Waals surface area (Å²) < 4.78 is 7.63. The summed E-state index contributed by atoms with van der Waals surface area (Å²) in [6.45, 7) is 3.37. The van der Waals surface area contributed by atoms with Crippen LogP contribution in [0, 0.1) is 13.8 Å². The van der Waals surface area contributed by atoms with E-state index in [0.717, 1.165) is 27.1 Å². The van der Waals surface area contributed by atoms with Crippen LogP contribution < -0.4 is 5.32 Å². The van der Waals surface area contributed by atoms with E-state index in [4.69, 9.17) is 16.3 Å². The van der Waals surface area contributed by atoms with Gasteiger partial charge < -0.3 is 10.1 Å². The Balaban J connectivity index is 1.60. The number of amides is 1. The van der Waals surface area contributed by atoms with Crippen LogP contribution in [0.2, 0.25) is 5.02 Å². The molecule has 0 saturated carbocycles. The van der Waals surface area contributed by atoms with E-state index in [9.17, 15) is 9.59 Å². The molecule has 0 bridgehead atoms. The second-order valence-corrected chi connectivity index (χ2v) is 7.77. The molecule has 0 radical (unpaired) electrons. The minimum atomic E-state index is -0.627. The second kappa shape index (κ2) is 9.73. The van der Waals surface area contributed by atoms with Crippen LogP contribution in [0.3, 0.4) is 0 Å². The number of aromatic nitrogens is 2. The molecule has 0 aliphatic heterocycles. The zero-order valence-electron chi connectivity index (χ0n) is 16.4. The number of carbonyl (C=O) groups excluding carboxylic acids is 2. The van der Waals surface area contributed by atoms with Gasteiger partial charge in [-0.3, -0.25) is 4.79 Å². The lowest BCUT2D eigenvalue weighted by atomic mass is 10.2. The van der Waals surface area contributed by atoms with Crippen LogP contribution in [-0.4, -0.2) is 28.3 Å². The number of benzene rings is 2. The third-order valence-corrected chi connectivity index (χ3v) is 5.09. The van der Waals surface area contributed by atoms with Gasteiger partial charge >= 0.3 is 5.97 Å². The van der Waals surface area contributed by atoms with E-state index in [2.05, 4.69) is 26.3 Å². The van der Waals surface area contributed by atoms with Gasteiger partial charge in [-0.2, -0.15) is 5.10 Å². The fourth-order valence-electron chi connectivity index (χ4n) is 2.83. The molecule has 0 spiro atoms. The maximum absolute atomic E-state index is 12.0. The van der Waals surface area contributed by atoms with Crippen molar-refractivity contribution in [3.05, 3.63) is 81.1 Å². The van der Waals surface area contributed by atoms with Crippen LogP contribution in [0.1, 0.15) is 17.0 Å². The summed E-state index contributed by atoms with van der Waals surface area (Å²) in [7, 11) is 0. The number of esters is 1. The number of hydrogen-bond donors (Lipinski definition) is 1. The summed E-state index contributed by atoms with van der Waals surface area (Å²) >= 11 is 9.35. The Morgan fingerprint density at radius 2 is 1.93 bits per heavy atom. The smallest absolute Gasteiger partial charge is 0.331 e. The normalized spacial score (nSPS) is 10.9. The molecule has 0 aliphatic carbocycles. The Morgan fingerprint density at radius 1 is 1.20 bits per heavy atom. The summed E-state index contributed by atoms with van der Waals surface area (Å²) in [5.74, 6) is -1.11. The van der Waals surface area contributed by atoms with Crippen molar-refractivity contribution in [3.63, 3.8) is 0 Å². The van der Waals surface area contributed by atoms with Gasteiger partial charge in [-0.05, 0) is 50.3 Å². The van der Waals surface area contributed by atoms with E-state index in [1.54, 1.807) is 24.3 Å². The van der Waals surface area contributed by atoms with E-state index in [-0.39, 0.29) is 0 Å². The summed E-state index contributed by atoms with van der Waals surface area (Å²) in [5, 5.41) is 7.51. The van der Waals surface area contributed by atoms with Crippen molar-refractivity contribution in [2.45, 2.75) is 13.8 Å². The Bertz CT molecular complexity index is 1110. The summed E-state index contributed by atoms with van der Waals surface area (Å²) in [6.07, 6.45) is 2.93. The van der Waals surface area contributed by atoms with Crippen molar-refractivity contribution in [3.8, 4) is 5.69 Å². The number of aryl methyl sites for hydroxylation is 1. The van der Waals surface area contributed by atoms with Crippen LogP contribution in [0.4, 0.5) is 5.69 Å². The number of para-hydroxylation sites is 1. The average molecular weight is 489 g/mol. The fraction of sp³-hybridized carbons (Fsp3) is 0.136. The van der Waals surface area contributed by atoms with Crippen LogP contribution in [0.15, 0.2) is 59.1 Å². The number of nitrogens with one attached hydrogen (secondary N) is 1. The lowest BCUT2D eigenvalue weighted by molar-refractivity contribution is -0.142. The highest BCUT2D eigenvalue weighted by Gasteiger charge is 2.12. The highest BCUT2D eigenvalue weighted by Crippen LogP contribution is 2.25. The predicted molar refractivity (Wildman–Crippen MR) is 121 cm³/mol. The first-order valence-electron chi connectivity index (χ1n) is 9.06. The third kappa shape index (κ3) is 5.37. The molecule has 6 nitrogen and oxygen atoms in total. The summed E-state index contributed by atoms with van der Waals surface area (Å²) in [5.41, 5.74) is 3.87. The number of ether oxygens (including phenoxy) is 1. The number of anilines is 1. The molecule has 0 aliphatic rings. The van der Waals surface area contributed by atoms with Gasteiger partial charge in [-0.25, -0.2) is 9.48 Å². The number of hydrogen-bond acceptors (Lipinski definition) is 4. The molecule has 0 fully saturated rings. The van der Waals surface area contributed by atoms with Crippen molar-refractivity contribution in [2.24, 2.45) is 0 Å². The summed E-state index contributed by atoms with van der Waals surface area (Å²) in [6, 6.07) is 14.8. The van der Waals surface area contributed by atoms with Gasteiger partial charge in [-0.15, -0.1) is 0 Å². The first-order chi connectivity index (χ1) is 14.3. The van der Waals surface area contributed by atoms with Crippen molar-refractivity contribution >= 4 is 51.2 Å². The average Bonchev–Trinajstić information content (AvgIpc) is 3.01. The van der Waals surface area contributed by atoms with Gasteiger partial charge in [0.1, 0.15) is 0 Å². The molecule has 0 unspecified atom stereocenters. The topological polar surface area (TPSA) is 73.2 Å². The largest absolute Gasteiger partial charge is 0.452 e. The van der Waals surface area contributed by atoms with Gasteiger partial charge in [0, 0.05) is 21.8 Å². The number of nitrogens with zero attached hydrogens (tertiary/aromatic N) is 2. The zero-order chi connectivity index (χ0) is 21.7. The predicted octanol–water partition coefficient (Wildman–Crippen LogP) is 5.10. The molecule has 1 heterocycles. The molecule has 3 aromatic rings. The van der Waals surface area contributed by atoms with Gasteiger partial charge in [0.2, 0.25) is 0 Å². The molecule has 1 amide bonds. The molecule has 0 atom stereocenters. The number of rotatable bonds is 6. The first kappa shape index (κ1) is 21.8. The molecule has 3 rings (SSSR count). The maximum Gasteiger partial charge on any atom is 0.331 e. The zero-order valence-corrected chi connectivity index (χ0v) is 18.7. The van der Waals surface area contributed by atoms with E-state index < -0.39 is 18.5 Å². The highest BCUT2D eigenvalue weighted by atomic mass is 79.9. The Labute approximate surface area is 187 Å². The van der Waals surface area contributed by atoms with E-state index in [1.165, 1.54) is 6.08 Å². The maximum atomic E-state index is 12.0. The van der Waals surface area contributed by atoms with Crippen LogP contribution in [0.25, 0.3) is 11.8 Å². The molecule has 0 saturated heterocycles. The standard InChI is InChI=1S/C22H19BrClN3O3/c1-14-18(15(2)27(26-14)17-6-4-3-5-7-17)9-11-22(29)30-13-21(28)25-20-10-8-16(23)12-19(20)24/h3-12H,13H2,1-2H3,(H,25,28)/b11-9+. The van der Waals surface area contributed by atoms with Crippen molar-refractivity contribution < 1.29 is 14.3 Å². The quantitative estimate of drug-likeness (QED) is 0.387. The molecule has 1 aromatic heterocycles. The SMILES string of the molecule is Cc1nn(-c2ccccc2)c(C)c1/C=C/C(=O)OCC(=O)Nc1ccc(Br)cc1Cl. The van der Waals surface area contributed by atoms with E-state index in [0.29, 0.717) is 10.7 Å². The fourth-order valence-corrected chi connectivity index (χ4v) is 3.55. The number of carbonyl (C=O) groups is 2. The van der Waals surface area contributed by atoms with Gasteiger partial charge in [-0.1, -0.05) is 45.7 Å². The van der Waals surface area contributed by atoms with E-state index >= 15 is 0 Å². The number of halogens is 2. The Kier molecular flexibility index (Phi) is 7.07. The molecular weight excluding hydrogens is 470 g/mol. The molecule has 154 valence electrons. The molecule has 8 heteroatoms. The molecule has 2 aromatic carbocycles. The van der Waals surface area contributed by atoms with Gasteiger partial charge in [0.15, 0.2) is 6.61 Å². The van der Waals surface area contributed by atoms with Crippen LogP contribution >= 0.6 is 27.5 Å². The third-order valence-electron chi connectivity index (χ3n) is 4.28. The monoisotopic (exact) mass is 487 g/mol. The minimum absolute atomic E-state index is 0.380. The van der Waals surface area contributed by atoms with Crippen LogP contribution in [0.5, 0.6) is 0 Å². The van der Waals surface area contributed by atoms with Gasteiger partial charge in [0.25, 0.3) is 5.91 Å². The lowest BCUT2D eigenvalue weighted by Crippen LogP contribution is -2.20. The molecule has 1 N–H and O–H groups in total. The lowest BCUT2D eigenvalue weighted by Gasteiger charge is -2.07.